The normalized spacial score (nSPS) is 17.1. The molecular weight excluding hydrogens is 284 g/mol. The third-order valence-electron chi connectivity index (χ3n) is 3.47. The lowest BCUT2D eigenvalue weighted by Crippen LogP contribution is -2.48. The zero-order valence-corrected chi connectivity index (χ0v) is 11.3. The number of hydrogen-bond donors (Lipinski definition) is 3. The van der Waals surface area contributed by atoms with Crippen molar-refractivity contribution in [3.8, 4) is 0 Å². The minimum Gasteiger partial charge on any atom is -0.480 e. The van der Waals surface area contributed by atoms with Gasteiger partial charge in [0, 0.05) is 5.69 Å². The van der Waals surface area contributed by atoms with Gasteiger partial charge in [0.2, 0.25) is 15.9 Å². The predicted octanol–water partition coefficient (Wildman–Crippen LogP) is 0.527. The van der Waals surface area contributed by atoms with Crippen molar-refractivity contribution in [2.45, 2.75) is 24.2 Å². The fourth-order valence-electron chi connectivity index (χ4n) is 2.07. The molecule has 1 aliphatic rings. The van der Waals surface area contributed by atoms with Gasteiger partial charge >= 0.3 is 5.97 Å². The van der Waals surface area contributed by atoms with Crippen LogP contribution in [-0.2, 0) is 19.6 Å². The molecule has 0 radical (unpaired) electrons. The van der Waals surface area contributed by atoms with Crippen LogP contribution in [0.5, 0.6) is 0 Å². The van der Waals surface area contributed by atoms with Crippen molar-refractivity contribution < 1.29 is 23.1 Å². The maximum atomic E-state index is 12.0. The first kappa shape index (κ1) is 14.5. The Balaban J connectivity index is 2.23. The molecule has 4 N–H and O–H groups in total. The van der Waals surface area contributed by atoms with Gasteiger partial charge in [-0.1, -0.05) is 12.5 Å². The number of primary sulfonamides is 1. The van der Waals surface area contributed by atoms with Crippen molar-refractivity contribution in [1.29, 1.82) is 0 Å². The Kier molecular flexibility index (Phi) is 3.53. The number of carboxylic acid groups (broad SMARTS) is 1. The van der Waals surface area contributed by atoms with Gasteiger partial charge in [0.05, 0.1) is 4.90 Å². The largest absolute Gasteiger partial charge is 0.480 e. The Labute approximate surface area is 115 Å². The number of nitrogens with one attached hydrogen (secondary N) is 1. The van der Waals surface area contributed by atoms with E-state index in [2.05, 4.69) is 5.32 Å². The van der Waals surface area contributed by atoms with Gasteiger partial charge in [-0.2, -0.15) is 0 Å². The standard InChI is InChI=1S/C12H14N2O5S/c13-20(18,19)9-4-1-3-8(7-9)14-10(15)12(11(16)17)5-2-6-12/h1,3-4,7H,2,5-6H2,(H,14,15)(H,16,17)(H2,13,18,19). The van der Waals surface area contributed by atoms with E-state index in [4.69, 9.17) is 10.2 Å². The molecule has 0 unspecified atom stereocenters. The Hall–Kier alpha value is -1.93. The molecule has 20 heavy (non-hydrogen) atoms. The molecule has 0 aliphatic heterocycles. The van der Waals surface area contributed by atoms with Crippen molar-refractivity contribution in [1.82, 2.24) is 0 Å². The molecular formula is C12H14N2O5S. The summed E-state index contributed by atoms with van der Waals surface area (Å²) in [5.41, 5.74) is -1.20. The first-order chi connectivity index (χ1) is 9.25. The SMILES string of the molecule is NS(=O)(=O)c1cccc(NC(=O)C2(C(=O)O)CCC2)c1. The van der Waals surface area contributed by atoms with Crippen LogP contribution in [0.2, 0.25) is 0 Å². The molecule has 0 atom stereocenters. The summed E-state index contributed by atoms with van der Waals surface area (Å²) in [5, 5.41) is 16.6. The maximum Gasteiger partial charge on any atom is 0.319 e. The molecule has 0 saturated heterocycles. The lowest BCUT2D eigenvalue weighted by atomic mass is 9.68. The third kappa shape index (κ3) is 2.52. The number of aliphatic carboxylic acids is 1. The molecule has 1 saturated carbocycles. The fourth-order valence-corrected chi connectivity index (χ4v) is 2.63. The van der Waals surface area contributed by atoms with Crippen LogP contribution in [0, 0.1) is 5.41 Å². The lowest BCUT2D eigenvalue weighted by molar-refractivity contribution is -0.159. The second kappa shape index (κ2) is 4.88. The molecule has 8 heteroatoms. The smallest absolute Gasteiger partial charge is 0.319 e. The molecule has 7 nitrogen and oxygen atoms in total. The van der Waals surface area contributed by atoms with Crippen LogP contribution < -0.4 is 10.5 Å². The van der Waals surface area contributed by atoms with Crippen molar-refractivity contribution in [2.75, 3.05) is 5.32 Å². The van der Waals surface area contributed by atoms with E-state index < -0.39 is 27.3 Å². The monoisotopic (exact) mass is 298 g/mol. The van der Waals surface area contributed by atoms with Crippen molar-refractivity contribution in [3.63, 3.8) is 0 Å². The Morgan fingerprint density at radius 3 is 2.40 bits per heavy atom. The van der Waals surface area contributed by atoms with E-state index in [1.165, 1.54) is 24.3 Å². The highest BCUT2D eigenvalue weighted by molar-refractivity contribution is 7.89. The van der Waals surface area contributed by atoms with Gasteiger partial charge in [0.25, 0.3) is 0 Å². The first-order valence-electron chi connectivity index (χ1n) is 5.93. The zero-order chi connectivity index (χ0) is 15.0. The molecule has 1 fully saturated rings. The van der Waals surface area contributed by atoms with Gasteiger partial charge in [-0.25, -0.2) is 13.6 Å². The van der Waals surface area contributed by atoms with Gasteiger partial charge in [-0.15, -0.1) is 0 Å². The minimum atomic E-state index is -3.87. The van der Waals surface area contributed by atoms with Crippen LogP contribution in [0.15, 0.2) is 29.2 Å². The van der Waals surface area contributed by atoms with E-state index in [0.717, 1.165) is 0 Å². The summed E-state index contributed by atoms with van der Waals surface area (Å²) >= 11 is 0. The van der Waals surface area contributed by atoms with Gasteiger partial charge in [0.15, 0.2) is 0 Å². The zero-order valence-electron chi connectivity index (χ0n) is 10.5. The van der Waals surface area contributed by atoms with E-state index in [1.807, 2.05) is 0 Å². The topological polar surface area (TPSA) is 127 Å². The van der Waals surface area contributed by atoms with E-state index in [9.17, 15) is 18.0 Å². The molecule has 1 amide bonds. The summed E-state index contributed by atoms with van der Waals surface area (Å²) in [6, 6.07) is 5.38. The molecule has 1 aromatic carbocycles. The quantitative estimate of drug-likeness (QED) is 0.699. The molecule has 0 spiro atoms. The Bertz CT molecular complexity index is 664. The number of rotatable bonds is 4. The van der Waals surface area contributed by atoms with E-state index in [1.54, 1.807) is 0 Å². The van der Waals surface area contributed by atoms with Crippen LogP contribution >= 0.6 is 0 Å². The van der Waals surface area contributed by atoms with Crippen LogP contribution in [0.1, 0.15) is 19.3 Å². The average Bonchev–Trinajstić information content (AvgIpc) is 2.25. The highest BCUT2D eigenvalue weighted by atomic mass is 32.2. The summed E-state index contributed by atoms with van der Waals surface area (Å²) in [5.74, 6) is -1.80. The highest BCUT2D eigenvalue weighted by Gasteiger charge is 2.51. The van der Waals surface area contributed by atoms with Crippen LogP contribution in [0.4, 0.5) is 5.69 Å². The lowest BCUT2D eigenvalue weighted by Gasteiger charge is -2.35. The first-order valence-corrected chi connectivity index (χ1v) is 7.48. The summed E-state index contributed by atoms with van der Waals surface area (Å²) in [7, 11) is -3.87. The number of hydrogen-bond acceptors (Lipinski definition) is 4. The number of carbonyl (C=O) groups excluding carboxylic acids is 1. The molecule has 0 aromatic heterocycles. The summed E-state index contributed by atoms with van der Waals surface area (Å²) < 4.78 is 22.4. The molecule has 1 aromatic rings. The third-order valence-corrected chi connectivity index (χ3v) is 4.38. The average molecular weight is 298 g/mol. The van der Waals surface area contributed by atoms with Gasteiger partial charge < -0.3 is 10.4 Å². The number of amides is 1. The molecule has 2 rings (SSSR count). The molecule has 1 aliphatic carbocycles. The van der Waals surface area contributed by atoms with E-state index >= 15 is 0 Å². The maximum absolute atomic E-state index is 12.0. The van der Waals surface area contributed by atoms with Crippen LogP contribution in [-0.4, -0.2) is 25.4 Å². The summed E-state index contributed by atoms with van der Waals surface area (Å²) in [6.07, 6.45) is 1.24. The highest BCUT2D eigenvalue weighted by Crippen LogP contribution is 2.42. The van der Waals surface area contributed by atoms with Crippen molar-refractivity contribution in [3.05, 3.63) is 24.3 Å². The summed E-state index contributed by atoms with van der Waals surface area (Å²) in [4.78, 5) is 23.1. The summed E-state index contributed by atoms with van der Waals surface area (Å²) in [6.45, 7) is 0. The minimum absolute atomic E-state index is 0.145. The van der Waals surface area contributed by atoms with Crippen LogP contribution in [0.25, 0.3) is 0 Å². The number of sulfonamides is 1. The van der Waals surface area contributed by atoms with Gasteiger partial charge in [-0.05, 0) is 31.0 Å². The molecule has 0 bridgehead atoms. The Morgan fingerprint density at radius 2 is 1.95 bits per heavy atom. The van der Waals surface area contributed by atoms with Crippen LogP contribution in [0.3, 0.4) is 0 Å². The number of benzene rings is 1. The van der Waals surface area contributed by atoms with Gasteiger partial charge in [0.1, 0.15) is 5.41 Å². The predicted molar refractivity (Wildman–Crippen MR) is 70.4 cm³/mol. The van der Waals surface area contributed by atoms with E-state index in [-0.39, 0.29) is 23.4 Å². The number of anilines is 1. The molecule has 0 heterocycles. The van der Waals surface area contributed by atoms with Crippen molar-refractivity contribution >= 4 is 27.6 Å². The van der Waals surface area contributed by atoms with E-state index in [0.29, 0.717) is 6.42 Å². The van der Waals surface area contributed by atoms with Crippen molar-refractivity contribution in [2.24, 2.45) is 10.6 Å². The van der Waals surface area contributed by atoms with Gasteiger partial charge in [-0.3, -0.25) is 9.59 Å². The second-order valence-electron chi connectivity index (χ2n) is 4.77. The number of carbonyl (C=O) groups is 2. The molecule has 108 valence electrons. The Morgan fingerprint density at radius 1 is 1.30 bits per heavy atom. The number of carboxylic acids is 1. The number of nitrogens with two attached hydrogens (primary N) is 1. The fraction of sp³-hybridized carbons (Fsp3) is 0.333. The second-order valence-corrected chi connectivity index (χ2v) is 6.33.